The van der Waals surface area contributed by atoms with E-state index in [0.29, 0.717) is 0 Å². The van der Waals surface area contributed by atoms with Crippen LogP contribution < -0.4 is 9.47 Å². The monoisotopic (exact) mass is 272 g/mol. The summed E-state index contributed by atoms with van der Waals surface area (Å²) >= 11 is 0. The van der Waals surface area contributed by atoms with Crippen molar-refractivity contribution in [3.8, 4) is 11.5 Å². The standard InChI is InChI=1S/C13H8F4O2/c14-8-3-1-4-9(15)12(8)18-7-19-13-10(16)5-2-6-11(13)17/h1-6H,7H2. The van der Waals surface area contributed by atoms with E-state index in [4.69, 9.17) is 0 Å². The third-order valence-corrected chi connectivity index (χ3v) is 2.24. The van der Waals surface area contributed by atoms with Gasteiger partial charge in [-0.2, -0.15) is 0 Å². The molecule has 0 atom stereocenters. The van der Waals surface area contributed by atoms with Crippen molar-refractivity contribution < 1.29 is 27.0 Å². The van der Waals surface area contributed by atoms with E-state index >= 15 is 0 Å². The minimum Gasteiger partial charge on any atom is -0.451 e. The lowest BCUT2D eigenvalue weighted by Crippen LogP contribution is -2.10. The average Bonchev–Trinajstić information content (AvgIpc) is 2.36. The van der Waals surface area contributed by atoms with E-state index in [1.807, 2.05) is 0 Å². The summed E-state index contributed by atoms with van der Waals surface area (Å²) in [4.78, 5) is 0. The van der Waals surface area contributed by atoms with Crippen molar-refractivity contribution in [3.63, 3.8) is 0 Å². The summed E-state index contributed by atoms with van der Waals surface area (Å²) in [6.45, 7) is -0.726. The predicted molar refractivity (Wildman–Crippen MR) is 58.8 cm³/mol. The number of rotatable bonds is 4. The lowest BCUT2D eigenvalue weighted by atomic mass is 10.3. The normalized spacial score (nSPS) is 10.3. The van der Waals surface area contributed by atoms with Gasteiger partial charge in [0.2, 0.25) is 6.79 Å². The molecule has 0 N–H and O–H groups in total. The topological polar surface area (TPSA) is 18.5 Å². The summed E-state index contributed by atoms with van der Waals surface area (Å²) in [6, 6.07) is 6.28. The Kier molecular flexibility index (Phi) is 3.89. The summed E-state index contributed by atoms with van der Waals surface area (Å²) in [5.74, 6) is -5.07. The maximum Gasteiger partial charge on any atom is 0.231 e. The van der Waals surface area contributed by atoms with E-state index in [2.05, 4.69) is 9.47 Å². The molecule has 0 unspecified atom stereocenters. The van der Waals surface area contributed by atoms with Gasteiger partial charge in [-0.1, -0.05) is 12.1 Å². The first kappa shape index (κ1) is 13.2. The van der Waals surface area contributed by atoms with Gasteiger partial charge in [0.1, 0.15) is 0 Å². The largest absolute Gasteiger partial charge is 0.451 e. The number of hydrogen-bond acceptors (Lipinski definition) is 2. The van der Waals surface area contributed by atoms with E-state index in [1.54, 1.807) is 0 Å². The zero-order valence-corrected chi connectivity index (χ0v) is 9.50. The Morgan fingerprint density at radius 3 is 1.26 bits per heavy atom. The summed E-state index contributed by atoms with van der Waals surface area (Å²) < 4.78 is 62.0. The van der Waals surface area contributed by atoms with Crippen LogP contribution in [0.5, 0.6) is 11.5 Å². The van der Waals surface area contributed by atoms with Gasteiger partial charge in [-0.3, -0.25) is 0 Å². The van der Waals surface area contributed by atoms with Gasteiger partial charge in [0, 0.05) is 0 Å². The van der Waals surface area contributed by atoms with Crippen molar-refractivity contribution in [2.24, 2.45) is 0 Å². The van der Waals surface area contributed by atoms with E-state index in [1.165, 1.54) is 0 Å². The SMILES string of the molecule is Fc1cccc(F)c1OCOc1c(F)cccc1F. The molecule has 100 valence electrons. The smallest absolute Gasteiger partial charge is 0.231 e. The number of benzene rings is 2. The Balaban J connectivity index is 2.05. The zero-order chi connectivity index (χ0) is 13.8. The number of para-hydroxylation sites is 2. The van der Waals surface area contributed by atoms with Crippen molar-refractivity contribution in [1.29, 1.82) is 0 Å². The van der Waals surface area contributed by atoms with Crippen molar-refractivity contribution >= 4 is 0 Å². The van der Waals surface area contributed by atoms with Crippen LogP contribution in [0.25, 0.3) is 0 Å². The first-order valence-electron chi connectivity index (χ1n) is 5.23. The van der Waals surface area contributed by atoms with Crippen LogP contribution in [0.3, 0.4) is 0 Å². The summed E-state index contributed by atoms with van der Waals surface area (Å²) in [7, 11) is 0. The van der Waals surface area contributed by atoms with Gasteiger partial charge in [0.15, 0.2) is 34.8 Å². The zero-order valence-electron chi connectivity index (χ0n) is 9.50. The van der Waals surface area contributed by atoms with E-state index in [9.17, 15) is 17.6 Å². The van der Waals surface area contributed by atoms with Gasteiger partial charge in [-0.15, -0.1) is 0 Å². The van der Waals surface area contributed by atoms with Crippen LogP contribution in [-0.2, 0) is 0 Å². The van der Waals surface area contributed by atoms with E-state index in [0.717, 1.165) is 36.4 Å². The van der Waals surface area contributed by atoms with E-state index in [-0.39, 0.29) is 0 Å². The molecule has 6 heteroatoms. The van der Waals surface area contributed by atoms with Gasteiger partial charge >= 0.3 is 0 Å². The highest BCUT2D eigenvalue weighted by atomic mass is 19.1. The quantitative estimate of drug-likeness (QED) is 0.624. The highest BCUT2D eigenvalue weighted by Gasteiger charge is 2.12. The molecule has 0 radical (unpaired) electrons. The maximum atomic E-state index is 13.2. The maximum absolute atomic E-state index is 13.2. The molecule has 0 amide bonds. The second-order valence-electron chi connectivity index (χ2n) is 3.51. The van der Waals surface area contributed by atoms with Gasteiger partial charge in [0.25, 0.3) is 0 Å². The van der Waals surface area contributed by atoms with E-state index < -0.39 is 41.6 Å². The molecule has 19 heavy (non-hydrogen) atoms. The molecule has 2 rings (SSSR count). The van der Waals surface area contributed by atoms with Gasteiger partial charge < -0.3 is 9.47 Å². The van der Waals surface area contributed by atoms with Gasteiger partial charge in [0.05, 0.1) is 0 Å². The molecule has 0 aromatic heterocycles. The molecule has 0 spiro atoms. The van der Waals surface area contributed by atoms with Crippen LogP contribution in [-0.4, -0.2) is 6.79 Å². The highest BCUT2D eigenvalue weighted by Crippen LogP contribution is 2.23. The van der Waals surface area contributed by atoms with Crippen molar-refractivity contribution in [2.45, 2.75) is 0 Å². The molecule has 0 fully saturated rings. The van der Waals surface area contributed by atoms with Gasteiger partial charge in [-0.25, -0.2) is 17.6 Å². The number of halogens is 4. The van der Waals surface area contributed by atoms with Crippen LogP contribution in [0, 0.1) is 23.3 Å². The molecular formula is C13H8F4O2. The molecule has 2 aromatic rings. The summed E-state index contributed by atoms with van der Waals surface area (Å²) in [5.41, 5.74) is 0. The lowest BCUT2D eigenvalue weighted by Gasteiger charge is -2.10. The Morgan fingerprint density at radius 2 is 0.947 bits per heavy atom. The molecule has 0 aliphatic rings. The predicted octanol–water partition coefficient (Wildman–Crippen LogP) is 3.66. The minimum atomic E-state index is -0.933. The molecule has 0 saturated carbocycles. The first-order valence-corrected chi connectivity index (χ1v) is 5.23. The van der Waals surface area contributed by atoms with Crippen LogP contribution in [0.15, 0.2) is 36.4 Å². The van der Waals surface area contributed by atoms with Crippen molar-refractivity contribution in [2.75, 3.05) is 6.79 Å². The Morgan fingerprint density at radius 1 is 0.632 bits per heavy atom. The van der Waals surface area contributed by atoms with Crippen LogP contribution >= 0.6 is 0 Å². The second kappa shape index (κ2) is 5.60. The third-order valence-electron chi connectivity index (χ3n) is 2.24. The minimum absolute atomic E-state index is 0.667. The first-order chi connectivity index (χ1) is 9.09. The average molecular weight is 272 g/mol. The van der Waals surface area contributed by atoms with Gasteiger partial charge in [-0.05, 0) is 24.3 Å². The summed E-state index contributed by atoms with van der Waals surface area (Å²) in [5, 5.41) is 0. The second-order valence-corrected chi connectivity index (χ2v) is 3.51. The fourth-order valence-electron chi connectivity index (χ4n) is 1.39. The molecule has 0 saturated heterocycles. The van der Waals surface area contributed by atoms with Crippen LogP contribution in [0.4, 0.5) is 17.6 Å². The lowest BCUT2D eigenvalue weighted by molar-refractivity contribution is 0.102. The third kappa shape index (κ3) is 2.96. The molecule has 0 bridgehead atoms. The Bertz CT molecular complexity index is 495. The fourth-order valence-corrected chi connectivity index (χ4v) is 1.39. The molecule has 0 heterocycles. The van der Waals surface area contributed by atoms with Crippen LogP contribution in [0.2, 0.25) is 0 Å². The molecule has 2 nitrogen and oxygen atoms in total. The van der Waals surface area contributed by atoms with Crippen molar-refractivity contribution in [1.82, 2.24) is 0 Å². The highest BCUT2D eigenvalue weighted by molar-refractivity contribution is 5.27. The van der Waals surface area contributed by atoms with Crippen molar-refractivity contribution in [3.05, 3.63) is 59.7 Å². The number of ether oxygens (including phenoxy) is 2. The summed E-state index contributed by atoms with van der Waals surface area (Å²) in [6.07, 6.45) is 0. The number of hydrogen-bond donors (Lipinski definition) is 0. The van der Waals surface area contributed by atoms with Crippen LogP contribution in [0.1, 0.15) is 0 Å². The Labute approximate surface area is 106 Å². The Hall–Kier alpha value is -2.24. The molecule has 0 aliphatic carbocycles. The molecule has 0 aliphatic heterocycles. The fraction of sp³-hybridized carbons (Fsp3) is 0.0769. The molecular weight excluding hydrogens is 264 g/mol. The molecule has 2 aromatic carbocycles.